The third-order valence-electron chi connectivity index (χ3n) is 4.29. The zero-order valence-corrected chi connectivity index (χ0v) is 15.1. The molecule has 2 heterocycles. The monoisotopic (exact) mass is 338 g/mol. The van der Waals surface area contributed by atoms with Crippen molar-refractivity contribution in [2.24, 2.45) is 10.7 Å². The van der Waals surface area contributed by atoms with Crippen LogP contribution in [0.2, 0.25) is 0 Å². The van der Waals surface area contributed by atoms with Crippen molar-refractivity contribution in [1.29, 1.82) is 0 Å². The summed E-state index contributed by atoms with van der Waals surface area (Å²) in [4.78, 5) is 22.3. The van der Waals surface area contributed by atoms with Gasteiger partial charge in [0.25, 0.3) is 0 Å². The van der Waals surface area contributed by atoms with Crippen LogP contribution in [0.15, 0.2) is 40.4 Å². The van der Waals surface area contributed by atoms with Crippen LogP contribution in [0, 0.1) is 0 Å². The molecule has 0 spiro atoms. The molecule has 25 heavy (non-hydrogen) atoms. The molecule has 0 unspecified atom stereocenters. The Morgan fingerprint density at radius 3 is 2.64 bits per heavy atom. The number of rotatable bonds is 10. The second kappa shape index (κ2) is 9.75. The number of aliphatic imine (C=N–C) groups is 1. The molecule has 0 saturated heterocycles. The summed E-state index contributed by atoms with van der Waals surface area (Å²) in [6, 6.07) is 3.21. The summed E-state index contributed by atoms with van der Waals surface area (Å²) in [6.07, 6.45) is 7.87. The van der Waals surface area contributed by atoms with Gasteiger partial charge in [0.15, 0.2) is 0 Å². The van der Waals surface area contributed by atoms with E-state index >= 15 is 0 Å². The molecule has 2 rings (SSSR count). The van der Waals surface area contributed by atoms with Crippen LogP contribution in [0.25, 0.3) is 5.70 Å². The molecule has 5 nitrogen and oxygen atoms in total. The standard InChI is InChI=1S/C20H26N4O/c1-3-24(4-2)13-7-5-6-8-16-9-10-18(23-15-16)19-14-17(20(21)25)11-12-22-19/h11-12,14-15H,3-8,13H2,1-2H3,(H2,21,25). The second-order valence-electron chi connectivity index (χ2n) is 6.01. The lowest BCUT2D eigenvalue weighted by Gasteiger charge is -2.17. The lowest BCUT2D eigenvalue weighted by Crippen LogP contribution is -2.23. The molecule has 5 heteroatoms. The number of carbonyl (C=O) groups excluding carboxylic acids is 1. The van der Waals surface area contributed by atoms with E-state index in [0.717, 1.165) is 31.5 Å². The molecule has 1 amide bonds. The quantitative estimate of drug-likeness (QED) is 0.526. The van der Waals surface area contributed by atoms with Gasteiger partial charge in [-0.2, -0.15) is 0 Å². The Bertz CT molecular complexity index is 734. The van der Waals surface area contributed by atoms with E-state index in [2.05, 4.69) is 40.2 Å². The van der Waals surface area contributed by atoms with E-state index < -0.39 is 5.91 Å². The molecule has 1 aliphatic rings. The molecule has 132 valence electrons. The van der Waals surface area contributed by atoms with E-state index in [1.807, 2.05) is 6.21 Å². The van der Waals surface area contributed by atoms with Crippen LogP contribution in [-0.4, -0.2) is 41.6 Å². The first-order valence-electron chi connectivity index (χ1n) is 8.91. The summed E-state index contributed by atoms with van der Waals surface area (Å²) in [7, 11) is 0. The first-order chi connectivity index (χ1) is 12.1. The summed E-state index contributed by atoms with van der Waals surface area (Å²) in [6.45, 7) is 7.82. The first kappa shape index (κ1) is 18.9. The Morgan fingerprint density at radius 2 is 2.00 bits per heavy atom. The Kier molecular flexibility index (Phi) is 7.36. The zero-order chi connectivity index (χ0) is 18.1. The number of carbonyl (C=O) groups is 1. The minimum absolute atomic E-state index is 0.414. The van der Waals surface area contributed by atoms with E-state index in [1.165, 1.54) is 19.4 Å². The third kappa shape index (κ3) is 5.84. The first-order valence-corrected chi connectivity index (χ1v) is 8.91. The van der Waals surface area contributed by atoms with Crippen LogP contribution in [0.5, 0.6) is 0 Å². The minimum atomic E-state index is -0.478. The van der Waals surface area contributed by atoms with Gasteiger partial charge in [0.2, 0.25) is 5.91 Å². The summed E-state index contributed by atoms with van der Waals surface area (Å²) in [5.74, 6) is -0.478. The summed E-state index contributed by atoms with van der Waals surface area (Å²) >= 11 is 0. The van der Waals surface area contributed by atoms with Crippen molar-refractivity contribution in [3.63, 3.8) is 0 Å². The number of nitrogens with two attached hydrogens (primary N) is 1. The number of primary amides is 1. The maximum atomic E-state index is 11.2. The number of amides is 1. The lowest BCUT2D eigenvalue weighted by molar-refractivity contribution is 0.1000. The van der Waals surface area contributed by atoms with Gasteiger partial charge in [0.05, 0.1) is 5.69 Å². The van der Waals surface area contributed by atoms with Gasteiger partial charge >= 0.3 is 0 Å². The fourth-order valence-electron chi connectivity index (χ4n) is 2.68. The van der Waals surface area contributed by atoms with Crippen molar-refractivity contribution < 1.29 is 4.79 Å². The average Bonchev–Trinajstić information content (AvgIpc) is 2.65. The average molecular weight is 338 g/mol. The van der Waals surface area contributed by atoms with Crippen LogP contribution in [0.1, 0.15) is 55.6 Å². The van der Waals surface area contributed by atoms with Gasteiger partial charge in [-0.15, -0.1) is 0 Å². The number of hydrogen-bond donors (Lipinski definition) is 1. The summed E-state index contributed by atoms with van der Waals surface area (Å²) in [5.41, 5.74) is 14.1. The highest BCUT2D eigenvalue weighted by molar-refractivity contribution is 5.93. The smallest absolute Gasteiger partial charge is 0.248 e. The van der Waals surface area contributed by atoms with Gasteiger partial charge in [0, 0.05) is 23.5 Å². The third-order valence-corrected chi connectivity index (χ3v) is 4.29. The van der Waals surface area contributed by atoms with Gasteiger partial charge in [-0.25, -0.2) is 4.99 Å². The van der Waals surface area contributed by atoms with Crippen molar-refractivity contribution in [1.82, 2.24) is 9.88 Å². The van der Waals surface area contributed by atoms with Gasteiger partial charge in [-0.1, -0.05) is 26.0 Å². The van der Waals surface area contributed by atoms with Crippen molar-refractivity contribution in [2.45, 2.75) is 39.5 Å². The number of hydrogen-bond acceptors (Lipinski definition) is 4. The molecule has 0 bridgehead atoms. The molecule has 1 aliphatic heterocycles. The summed E-state index contributed by atoms with van der Waals surface area (Å²) in [5, 5.41) is 0. The van der Waals surface area contributed by atoms with Crippen molar-refractivity contribution in [3.05, 3.63) is 46.6 Å². The zero-order valence-electron chi connectivity index (χ0n) is 15.1. The normalized spacial score (nSPS) is 13.1. The largest absolute Gasteiger partial charge is 0.366 e. The number of allylic oxidation sites excluding steroid dienone is 1. The number of pyridine rings is 1. The molecular weight excluding hydrogens is 312 g/mol. The highest BCUT2D eigenvalue weighted by Crippen LogP contribution is 2.17. The van der Waals surface area contributed by atoms with Gasteiger partial charge in [0.1, 0.15) is 5.70 Å². The van der Waals surface area contributed by atoms with E-state index in [4.69, 9.17) is 5.73 Å². The Hall–Kier alpha value is -2.45. The molecule has 0 fully saturated rings. The fourth-order valence-corrected chi connectivity index (χ4v) is 2.68. The fraction of sp³-hybridized carbons (Fsp3) is 0.450. The van der Waals surface area contributed by atoms with Crippen LogP contribution in [0.3, 0.4) is 0 Å². The molecule has 0 aliphatic carbocycles. The molecule has 0 saturated carbocycles. The minimum Gasteiger partial charge on any atom is -0.366 e. The van der Waals surface area contributed by atoms with Crippen LogP contribution < -0.4 is 5.73 Å². The number of nitrogens with zero attached hydrogens (tertiary/aromatic N) is 3. The molecule has 0 atom stereocenters. The maximum Gasteiger partial charge on any atom is 0.248 e. The van der Waals surface area contributed by atoms with Crippen molar-refractivity contribution in [2.75, 3.05) is 19.6 Å². The molecule has 1 aromatic rings. The molecule has 0 radical (unpaired) electrons. The molecular formula is C20H26N4O. The van der Waals surface area contributed by atoms with Crippen LogP contribution >= 0.6 is 0 Å². The highest BCUT2D eigenvalue weighted by Gasteiger charge is 2.08. The van der Waals surface area contributed by atoms with Crippen LogP contribution in [0.4, 0.5) is 0 Å². The second-order valence-corrected chi connectivity index (χ2v) is 6.01. The van der Waals surface area contributed by atoms with Gasteiger partial charge in [-0.05, 0) is 56.8 Å². The Balaban J connectivity index is 1.90. The lowest BCUT2D eigenvalue weighted by atomic mass is 10.1. The topological polar surface area (TPSA) is 71.6 Å². The maximum absolute atomic E-state index is 11.2. The van der Waals surface area contributed by atoms with Crippen molar-refractivity contribution in [3.8, 4) is 0 Å². The number of unbranched alkanes of at least 4 members (excludes halogenated alkanes) is 2. The number of aromatic nitrogens is 1. The summed E-state index contributed by atoms with van der Waals surface area (Å²) < 4.78 is 0. The predicted molar refractivity (Wildman–Crippen MR) is 101 cm³/mol. The van der Waals surface area contributed by atoms with E-state index in [1.54, 1.807) is 18.3 Å². The molecule has 1 aromatic heterocycles. The SMILES string of the molecule is CCN(CC)CCCCCC1=C=C=C(c2cc(C(N)=O)ccn2)N=C1. The van der Waals surface area contributed by atoms with Crippen molar-refractivity contribution >= 4 is 17.8 Å². The molecule has 2 N–H and O–H groups in total. The highest BCUT2D eigenvalue weighted by atomic mass is 16.1. The molecule has 0 aromatic carbocycles. The van der Waals surface area contributed by atoms with E-state index in [9.17, 15) is 4.79 Å². The Morgan fingerprint density at radius 1 is 1.20 bits per heavy atom. The van der Waals surface area contributed by atoms with E-state index in [-0.39, 0.29) is 0 Å². The van der Waals surface area contributed by atoms with Gasteiger partial charge < -0.3 is 10.6 Å². The van der Waals surface area contributed by atoms with E-state index in [0.29, 0.717) is 17.0 Å². The van der Waals surface area contributed by atoms with Gasteiger partial charge in [-0.3, -0.25) is 9.78 Å². The Labute approximate surface area is 149 Å². The van der Waals surface area contributed by atoms with Crippen LogP contribution in [-0.2, 0) is 0 Å². The predicted octanol–water partition coefficient (Wildman–Crippen LogP) is 3.19.